The van der Waals surface area contributed by atoms with Gasteiger partial charge in [-0.2, -0.15) is 0 Å². The first-order chi connectivity index (χ1) is 8.72. The van der Waals surface area contributed by atoms with Crippen LogP contribution in [-0.2, 0) is 11.3 Å². The van der Waals surface area contributed by atoms with Crippen molar-refractivity contribution in [1.82, 2.24) is 4.90 Å². The number of hydrogen-bond acceptors (Lipinski definition) is 4. The molecule has 1 fully saturated rings. The molecule has 1 heterocycles. The summed E-state index contributed by atoms with van der Waals surface area (Å²) in [7, 11) is 1.77. The molecule has 1 aliphatic heterocycles. The van der Waals surface area contributed by atoms with Crippen molar-refractivity contribution in [3.05, 3.63) is 29.8 Å². The zero-order chi connectivity index (χ0) is 13.0. The molecule has 2 unspecified atom stereocenters. The predicted molar refractivity (Wildman–Crippen MR) is 71.4 cm³/mol. The average Bonchev–Trinajstić information content (AvgIpc) is 2.39. The van der Waals surface area contributed by atoms with E-state index in [4.69, 9.17) is 10.5 Å². The van der Waals surface area contributed by atoms with Crippen molar-refractivity contribution in [2.45, 2.75) is 31.5 Å². The van der Waals surface area contributed by atoms with Gasteiger partial charge in [-0.3, -0.25) is 4.90 Å². The fourth-order valence-electron chi connectivity index (χ4n) is 2.62. The highest BCUT2D eigenvalue weighted by atomic mass is 16.5. The second-order valence-corrected chi connectivity index (χ2v) is 4.91. The fraction of sp³-hybridized carbons (Fsp3) is 0.571. The number of phenolic OH excluding ortho intramolecular Hbond substituents is 1. The minimum atomic E-state index is 0.323. The van der Waals surface area contributed by atoms with E-state index in [-0.39, 0.29) is 0 Å². The van der Waals surface area contributed by atoms with Crippen LogP contribution in [0.25, 0.3) is 0 Å². The third kappa shape index (κ3) is 3.22. The van der Waals surface area contributed by atoms with Crippen LogP contribution >= 0.6 is 0 Å². The van der Waals surface area contributed by atoms with Crippen molar-refractivity contribution in [2.24, 2.45) is 5.73 Å². The van der Waals surface area contributed by atoms with Crippen LogP contribution in [0.15, 0.2) is 24.3 Å². The van der Waals surface area contributed by atoms with E-state index in [0.717, 1.165) is 31.5 Å². The minimum absolute atomic E-state index is 0.323. The molecule has 0 aromatic heterocycles. The van der Waals surface area contributed by atoms with Crippen molar-refractivity contribution in [2.75, 3.05) is 20.2 Å². The quantitative estimate of drug-likeness (QED) is 0.846. The summed E-state index contributed by atoms with van der Waals surface area (Å²) >= 11 is 0. The third-order valence-electron chi connectivity index (χ3n) is 3.69. The van der Waals surface area contributed by atoms with Crippen molar-refractivity contribution in [3.63, 3.8) is 0 Å². The molecule has 0 bridgehead atoms. The highest BCUT2D eigenvalue weighted by molar-refractivity contribution is 5.27. The molecule has 0 saturated carbocycles. The van der Waals surface area contributed by atoms with E-state index in [0.29, 0.717) is 24.4 Å². The number of aromatic hydroxyl groups is 1. The second kappa shape index (κ2) is 6.18. The van der Waals surface area contributed by atoms with Crippen LogP contribution in [0.4, 0.5) is 0 Å². The molecular weight excluding hydrogens is 228 g/mol. The number of likely N-dealkylation sites (tertiary alicyclic amines) is 1. The smallest absolute Gasteiger partial charge is 0.115 e. The van der Waals surface area contributed by atoms with Crippen LogP contribution < -0.4 is 5.73 Å². The Labute approximate surface area is 108 Å². The number of nitrogens with zero attached hydrogens (tertiary/aromatic N) is 1. The number of rotatable bonds is 4. The van der Waals surface area contributed by atoms with E-state index in [1.54, 1.807) is 13.2 Å². The number of methoxy groups -OCH3 is 1. The van der Waals surface area contributed by atoms with Gasteiger partial charge in [0.2, 0.25) is 0 Å². The Morgan fingerprint density at radius 1 is 1.50 bits per heavy atom. The van der Waals surface area contributed by atoms with Crippen LogP contribution in [0, 0.1) is 0 Å². The van der Waals surface area contributed by atoms with E-state index < -0.39 is 0 Å². The number of ether oxygens (including phenoxy) is 1. The zero-order valence-corrected chi connectivity index (χ0v) is 10.9. The standard InChI is InChI=1S/C14H22N2O2/c1-18-14-5-6-16(12(8-14)9-15)10-11-3-2-4-13(17)7-11/h2-4,7,12,14,17H,5-6,8-10,15H2,1H3. The number of phenols is 1. The van der Waals surface area contributed by atoms with Crippen LogP contribution in [0.2, 0.25) is 0 Å². The number of hydrogen-bond donors (Lipinski definition) is 2. The molecule has 4 nitrogen and oxygen atoms in total. The van der Waals surface area contributed by atoms with E-state index in [1.807, 2.05) is 18.2 Å². The third-order valence-corrected chi connectivity index (χ3v) is 3.69. The van der Waals surface area contributed by atoms with Crippen molar-refractivity contribution >= 4 is 0 Å². The van der Waals surface area contributed by atoms with E-state index >= 15 is 0 Å². The zero-order valence-electron chi connectivity index (χ0n) is 10.9. The van der Waals surface area contributed by atoms with Crippen LogP contribution in [0.1, 0.15) is 18.4 Å². The van der Waals surface area contributed by atoms with Crippen molar-refractivity contribution < 1.29 is 9.84 Å². The summed E-state index contributed by atoms with van der Waals surface area (Å²) in [5.74, 6) is 0.323. The van der Waals surface area contributed by atoms with Crippen LogP contribution in [-0.4, -0.2) is 42.4 Å². The molecule has 0 spiro atoms. The van der Waals surface area contributed by atoms with Gasteiger partial charge in [0.1, 0.15) is 5.75 Å². The maximum atomic E-state index is 9.48. The second-order valence-electron chi connectivity index (χ2n) is 4.91. The molecular formula is C14H22N2O2. The van der Waals surface area contributed by atoms with Crippen molar-refractivity contribution in [3.8, 4) is 5.75 Å². The van der Waals surface area contributed by atoms with Gasteiger partial charge < -0.3 is 15.6 Å². The summed E-state index contributed by atoms with van der Waals surface area (Å²) in [6.45, 7) is 2.49. The molecule has 1 aliphatic rings. The van der Waals surface area contributed by atoms with Gasteiger partial charge in [0.05, 0.1) is 6.10 Å². The molecule has 1 aromatic rings. The normalized spacial score (nSPS) is 25.2. The summed E-state index contributed by atoms with van der Waals surface area (Å²) in [6, 6.07) is 7.79. The van der Waals surface area contributed by atoms with Gasteiger partial charge in [-0.25, -0.2) is 0 Å². The molecule has 4 heteroatoms. The fourth-order valence-corrected chi connectivity index (χ4v) is 2.62. The van der Waals surface area contributed by atoms with Gasteiger partial charge in [-0.05, 0) is 30.5 Å². The van der Waals surface area contributed by atoms with Gasteiger partial charge in [0.15, 0.2) is 0 Å². The largest absolute Gasteiger partial charge is 0.508 e. The Hall–Kier alpha value is -1.10. The Balaban J connectivity index is 2.00. The van der Waals surface area contributed by atoms with Crippen molar-refractivity contribution in [1.29, 1.82) is 0 Å². The molecule has 100 valence electrons. The molecule has 3 N–H and O–H groups in total. The molecule has 1 aromatic carbocycles. The highest BCUT2D eigenvalue weighted by Gasteiger charge is 2.27. The lowest BCUT2D eigenvalue weighted by atomic mass is 9.98. The van der Waals surface area contributed by atoms with Crippen LogP contribution in [0.3, 0.4) is 0 Å². The topological polar surface area (TPSA) is 58.7 Å². The molecule has 2 rings (SSSR count). The number of piperidine rings is 1. The molecule has 18 heavy (non-hydrogen) atoms. The average molecular weight is 250 g/mol. The van der Waals surface area contributed by atoms with E-state index in [1.165, 1.54) is 0 Å². The Morgan fingerprint density at radius 2 is 2.33 bits per heavy atom. The van der Waals surface area contributed by atoms with E-state index in [9.17, 15) is 5.11 Å². The van der Waals surface area contributed by atoms with Gasteiger partial charge in [0.25, 0.3) is 0 Å². The molecule has 0 radical (unpaired) electrons. The molecule has 2 atom stereocenters. The summed E-state index contributed by atoms with van der Waals surface area (Å²) in [5, 5.41) is 9.48. The number of nitrogens with two attached hydrogens (primary N) is 1. The molecule has 0 amide bonds. The lowest BCUT2D eigenvalue weighted by molar-refractivity contribution is 0.0102. The molecule has 1 saturated heterocycles. The van der Waals surface area contributed by atoms with Gasteiger partial charge in [-0.1, -0.05) is 12.1 Å². The maximum Gasteiger partial charge on any atom is 0.115 e. The summed E-state index contributed by atoms with van der Waals surface area (Å²) in [5.41, 5.74) is 6.98. The van der Waals surface area contributed by atoms with Crippen LogP contribution in [0.5, 0.6) is 5.75 Å². The monoisotopic (exact) mass is 250 g/mol. The lowest BCUT2D eigenvalue weighted by Crippen LogP contribution is -2.47. The Kier molecular flexibility index (Phi) is 4.58. The Bertz CT molecular complexity index is 384. The first-order valence-electron chi connectivity index (χ1n) is 6.47. The lowest BCUT2D eigenvalue weighted by Gasteiger charge is -2.38. The molecule has 0 aliphatic carbocycles. The first kappa shape index (κ1) is 13.3. The Morgan fingerprint density at radius 3 is 3.00 bits per heavy atom. The van der Waals surface area contributed by atoms with E-state index in [2.05, 4.69) is 4.90 Å². The predicted octanol–water partition coefficient (Wildman–Crippen LogP) is 1.33. The summed E-state index contributed by atoms with van der Waals surface area (Å²) in [4.78, 5) is 2.38. The summed E-state index contributed by atoms with van der Waals surface area (Å²) in [6.07, 6.45) is 2.37. The first-order valence-corrected chi connectivity index (χ1v) is 6.47. The SMILES string of the molecule is COC1CCN(Cc2cccc(O)c2)C(CN)C1. The summed E-state index contributed by atoms with van der Waals surface area (Å²) < 4.78 is 5.42. The maximum absolute atomic E-state index is 9.48. The van der Waals surface area contributed by atoms with Gasteiger partial charge in [-0.15, -0.1) is 0 Å². The van der Waals surface area contributed by atoms with Gasteiger partial charge >= 0.3 is 0 Å². The van der Waals surface area contributed by atoms with Gasteiger partial charge in [0, 0.05) is 32.8 Å². The minimum Gasteiger partial charge on any atom is -0.508 e. The highest BCUT2D eigenvalue weighted by Crippen LogP contribution is 2.22. The number of benzene rings is 1.